The number of hydrogen-bond donors (Lipinski definition) is 1. The van der Waals surface area contributed by atoms with E-state index in [0.717, 1.165) is 6.08 Å². The number of sulfonamides is 1. The maximum atomic E-state index is 12.4. The van der Waals surface area contributed by atoms with Crippen molar-refractivity contribution in [3.05, 3.63) is 35.9 Å². The van der Waals surface area contributed by atoms with E-state index < -0.39 is 16.0 Å². The van der Waals surface area contributed by atoms with E-state index in [1.54, 1.807) is 19.2 Å². The molecule has 0 saturated carbocycles. The molecule has 0 aliphatic rings. The molecule has 0 unspecified atom stereocenters. The molecule has 1 aromatic rings. The Kier molecular flexibility index (Phi) is 5.31. The first kappa shape index (κ1) is 17.4. The van der Waals surface area contributed by atoms with Crippen LogP contribution in [0.1, 0.15) is 26.3 Å². The quantitative estimate of drug-likeness (QED) is 0.848. The molecule has 1 N–H and O–H groups in total. The summed E-state index contributed by atoms with van der Waals surface area (Å²) in [6, 6.07) is 6.13. The topological polar surface area (TPSA) is 74.7 Å². The second-order valence-corrected chi connectivity index (χ2v) is 8.11. The van der Waals surface area contributed by atoms with Gasteiger partial charge in [0.05, 0.1) is 4.90 Å². The summed E-state index contributed by atoms with van der Waals surface area (Å²) < 4.78 is 26.1. The number of rotatable bonds is 5. The van der Waals surface area contributed by atoms with Crippen LogP contribution in [0.3, 0.4) is 0 Å². The SMILES string of the molecule is CN(CC(C)(C)C)S(=O)(=O)c1ccc(C=CC(=O)O)cc1. The van der Waals surface area contributed by atoms with Crippen molar-refractivity contribution >= 4 is 22.1 Å². The van der Waals surface area contributed by atoms with E-state index in [9.17, 15) is 13.2 Å². The molecule has 116 valence electrons. The zero-order valence-electron chi connectivity index (χ0n) is 12.7. The van der Waals surface area contributed by atoms with Gasteiger partial charge in [-0.05, 0) is 29.2 Å². The molecule has 1 rings (SSSR count). The Hall–Kier alpha value is -1.66. The second kappa shape index (κ2) is 6.41. The third kappa shape index (κ3) is 5.32. The first-order valence-electron chi connectivity index (χ1n) is 6.50. The highest BCUT2D eigenvalue weighted by Crippen LogP contribution is 2.21. The second-order valence-electron chi connectivity index (χ2n) is 6.06. The average molecular weight is 311 g/mol. The minimum Gasteiger partial charge on any atom is -0.478 e. The summed E-state index contributed by atoms with van der Waals surface area (Å²) in [6.07, 6.45) is 2.42. The minimum absolute atomic E-state index is 0.133. The zero-order valence-corrected chi connectivity index (χ0v) is 13.5. The Bertz CT molecular complexity index is 625. The van der Waals surface area contributed by atoms with Gasteiger partial charge in [0, 0.05) is 19.7 Å². The van der Waals surface area contributed by atoms with Crippen LogP contribution in [0.25, 0.3) is 6.08 Å². The van der Waals surface area contributed by atoms with Gasteiger partial charge in [-0.1, -0.05) is 32.9 Å². The van der Waals surface area contributed by atoms with Crippen molar-refractivity contribution in [2.75, 3.05) is 13.6 Å². The Labute approximate surface area is 126 Å². The van der Waals surface area contributed by atoms with Gasteiger partial charge in [0.15, 0.2) is 0 Å². The number of carboxylic acid groups (broad SMARTS) is 1. The van der Waals surface area contributed by atoms with E-state index in [-0.39, 0.29) is 10.3 Å². The molecular weight excluding hydrogens is 290 g/mol. The lowest BCUT2D eigenvalue weighted by Crippen LogP contribution is -2.34. The van der Waals surface area contributed by atoms with Gasteiger partial charge in [-0.25, -0.2) is 17.5 Å². The Balaban J connectivity index is 2.97. The molecule has 21 heavy (non-hydrogen) atoms. The molecule has 0 spiro atoms. The molecule has 0 amide bonds. The molecule has 0 aliphatic heterocycles. The molecule has 0 atom stereocenters. The summed E-state index contributed by atoms with van der Waals surface area (Å²) in [7, 11) is -1.97. The van der Waals surface area contributed by atoms with Crippen LogP contribution in [0.15, 0.2) is 35.2 Å². The highest BCUT2D eigenvalue weighted by molar-refractivity contribution is 7.89. The third-order valence-corrected chi connectivity index (χ3v) is 4.52. The van der Waals surface area contributed by atoms with Gasteiger partial charge in [-0.15, -0.1) is 0 Å². The van der Waals surface area contributed by atoms with E-state index >= 15 is 0 Å². The van der Waals surface area contributed by atoms with Crippen LogP contribution >= 0.6 is 0 Å². The average Bonchev–Trinajstić information content (AvgIpc) is 2.34. The maximum absolute atomic E-state index is 12.4. The van der Waals surface area contributed by atoms with Crippen molar-refractivity contribution in [1.82, 2.24) is 4.31 Å². The van der Waals surface area contributed by atoms with Crippen LogP contribution < -0.4 is 0 Å². The van der Waals surface area contributed by atoms with Gasteiger partial charge in [0.25, 0.3) is 0 Å². The summed E-state index contributed by atoms with van der Waals surface area (Å²) in [5.41, 5.74) is 0.501. The highest BCUT2D eigenvalue weighted by atomic mass is 32.2. The standard InChI is InChI=1S/C15H21NO4S/c1-15(2,3)11-16(4)21(19,20)13-8-5-12(6-9-13)7-10-14(17)18/h5-10H,11H2,1-4H3,(H,17,18). The van der Waals surface area contributed by atoms with Crippen LogP contribution in [0, 0.1) is 5.41 Å². The fourth-order valence-electron chi connectivity index (χ4n) is 1.85. The number of nitrogens with zero attached hydrogens (tertiary/aromatic N) is 1. The van der Waals surface area contributed by atoms with E-state index in [2.05, 4.69) is 0 Å². The van der Waals surface area contributed by atoms with Crippen LogP contribution in [0.4, 0.5) is 0 Å². The van der Waals surface area contributed by atoms with Crippen LogP contribution in [-0.2, 0) is 14.8 Å². The Morgan fingerprint density at radius 1 is 1.24 bits per heavy atom. The van der Waals surface area contributed by atoms with E-state index in [1.807, 2.05) is 20.8 Å². The van der Waals surface area contributed by atoms with Crippen molar-refractivity contribution < 1.29 is 18.3 Å². The summed E-state index contributed by atoms with van der Waals surface area (Å²) in [6.45, 7) is 6.33. The lowest BCUT2D eigenvalue weighted by molar-refractivity contribution is -0.131. The number of carboxylic acids is 1. The van der Waals surface area contributed by atoms with Crippen LogP contribution in [0.2, 0.25) is 0 Å². The summed E-state index contributed by atoms with van der Waals surface area (Å²) >= 11 is 0. The molecule has 0 aromatic heterocycles. The molecule has 0 bridgehead atoms. The van der Waals surface area contributed by atoms with Gasteiger partial charge >= 0.3 is 5.97 Å². The van der Waals surface area contributed by atoms with Crippen LogP contribution in [0.5, 0.6) is 0 Å². The van der Waals surface area contributed by atoms with Crippen molar-refractivity contribution in [3.63, 3.8) is 0 Å². The zero-order chi connectivity index (χ0) is 16.3. The number of aliphatic carboxylic acids is 1. The first-order chi connectivity index (χ1) is 9.52. The fourth-order valence-corrected chi connectivity index (χ4v) is 3.25. The molecular formula is C15H21NO4S. The lowest BCUT2D eigenvalue weighted by Gasteiger charge is -2.26. The van der Waals surface area contributed by atoms with Gasteiger partial charge in [-0.2, -0.15) is 0 Å². The smallest absolute Gasteiger partial charge is 0.328 e. The first-order valence-corrected chi connectivity index (χ1v) is 7.94. The predicted octanol–water partition coefficient (Wildman–Crippen LogP) is 2.45. The lowest BCUT2D eigenvalue weighted by atomic mass is 9.97. The highest BCUT2D eigenvalue weighted by Gasteiger charge is 2.24. The van der Waals surface area contributed by atoms with Crippen LogP contribution in [-0.4, -0.2) is 37.4 Å². The van der Waals surface area contributed by atoms with Crippen molar-refractivity contribution in [2.45, 2.75) is 25.7 Å². The van der Waals surface area contributed by atoms with Gasteiger partial charge in [0.1, 0.15) is 0 Å². The van der Waals surface area contributed by atoms with Gasteiger partial charge in [0.2, 0.25) is 10.0 Å². The predicted molar refractivity (Wildman–Crippen MR) is 82.4 cm³/mol. The van der Waals surface area contributed by atoms with Gasteiger partial charge in [-0.3, -0.25) is 0 Å². The molecule has 6 heteroatoms. The number of hydrogen-bond acceptors (Lipinski definition) is 3. The van der Waals surface area contributed by atoms with E-state index in [0.29, 0.717) is 12.1 Å². The summed E-state index contributed by atoms with van der Waals surface area (Å²) in [4.78, 5) is 10.6. The van der Waals surface area contributed by atoms with Crippen molar-refractivity contribution in [3.8, 4) is 0 Å². The Morgan fingerprint density at radius 3 is 2.19 bits per heavy atom. The molecule has 1 aromatic carbocycles. The molecule has 0 fully saturated rings. The molecule has 5 nitrogen and oxygen atoms in total. The molecule has 0 heterocycles. The minimum atomic E-state index is -3.53. The van der Waals surface area contributed by atoms with E-state index in [4.69, 9.17) is 5.11 Å². The molecule has 0 aliphatic carbocycles. The number of benzene rings is 1. The normalized spacial score (nSPS) is 13.0. The fraction of sp³-hybridized carbons (Fsp3) is 0.400. The maximum Gasteiger partial charge on any atom is 0.328 e. The van der Waals surface area contributed by atoms with Crippen molar-refractivity contribution in [2.24, 2.45) is 5.41 Å². The monoisotopic (exact) mass is 311 g/mol. The van der Waals surface area contributed by atoms with Gasteiger partial charge < -0.3 is 5.11 Å². The van der Waals surface area contributed by atoms with Crippen molar-refractivity contribution in [1.29, 1.82) is 0 Å². The van der Waals surface area contributed by atoms with E-state index in [1.165, 1.54) is 22.5 Å². The number of carbonyl (C=O) groups is 1. The third-order valence-electron chi connectivity index (χ3n) is 2.70. The molecule has 0 radical (unpaired) electrons. The summed E-state index contributed by atoms with van der Waals surface area (Å²) in [5, 5.41) is 8.55. The Morgan fingerprint density at radius 2 is 1.76 bits per heavy atom. The molecule has 0 saturated heterocycles. The summed E-state index contributed by atoms with van der Waals surface area (Å²) in [5.74, 6) is -1.04. The largest absolute Gasteiger partial charge is 0.478 e.